The molecule has 2 N–H and O–H groups in total. The van der Waals surface area contributed by atoms with Gasteiger partial charge in [0.05, 0.1) is 29.9 Å². The average molecular weight is 426 g/mol. The van der Waals surface area contributed by atoms with Gasteiger partial charge >= 0.3 is 0 Å². The summed E-state index contributed by atoms with van der Waals surface area (Å²) in [5.41, 5.74) is 2.96. The largest absolute Gasteiger partial charge is 0.490 e. The molecule has 0 atom stereocenters. The number of rotatable bonds is 8. The van der Waals surface area contributed by atoms with Gasteiger partial charge in [-0.2, -0.15) is 0 Å². The molecule has 0 radical (unpaired) electrons. The van der Waals surface area contributed by atoms with Gasteiger partial charge in [-0.15, -0.1) is 0 Å². The molecular formula is C24H31N3O4. The van der Waals surface area contributed by atoms with Gasteiger partial charge in [0.15, 0.2) is 11.5 Å². The monoisotopic (exact) mass is 425 g/mol. The molecule has 31 heavy (non-hydrogen) atoms. The Morgan fingerprint density at radius 1 is 1.10 bits per heavy atom. The average Bonchev–Trinajstić information content (AvgIpc) is 3.30. The summed E-state index contributed by atoms with van der Waals surface area (Å²) in [6.07, 6.45) is 3.68. The Morgan fingerprint density at radius 2 is 1.81 bits per heavy atom. The number of hydrogen-bond acceptors (Lipinski definition) is 6. The zero-order valence-corrected chi connectivity index (χ0v) is 18.3. The molecule has 1 aliphatic rings. The van der Waals surface area contributed by atoms with Crippen molar-refractivity contribution in [3.8, 4) is 11.5 Å². The van der Waals surface area contributed by atoms with Crippen molar-refractivity contribution in [3.63, 3.8) is 0 Å². The van der Waals surface area contributed by atoms with Gasteiger partial charge in [-0.1, -0.05) is 18.2 Å². The van der Waals surface area contributed by atoms with Crippen molar-refractivity contribution >= 4 is 34.0 Å². The topological polar surface area (TPSA) is 83.9 Å². The van der Waals surface area contributed by atoms with Gasteiger partial charge in [0, 0.05) is 30.4 Å². The summed E-state index contributed by atoms with van der Waals surface area (Å²) in [7, 11) is 1.95. The lowest BCUT2D eigenvalue weighted by atomic mass is 10.1. The second-order valence-corrected chi connectivity index (χ2v) is 7.36. The van der Waals surface area contributed by atoms with Crippen LogP contribution in [0.3, 0.4) is 0 Å². The number of hydrogen-bond donors (Lipinski definition) is 2. The molecule has 0 aliphatic carbocycles. The van der Waals surface area contributed by atoms with E-state index in [0.717, 1.165) is 52.0 Å². The van der Waals surface area contributed by atoms with Crippen LogP contribution >= 0.6 is 0 Å². The second kappa shape index (κ2) is 11.4. The Labute approximate surface area is 183 Å². The van der Waals surface area contributed by atoms with Crippen LogP contribution in [0.1, 0.15) is 26.2 Å². The summed E-state index contributed by atoms with van der Waals surface area (Å²) in [5.74, 6) is 1.56. The van der Waals surface area contributed by atoms with Crippen LogP contribution in [0.2, 0.25) is 0 Å². The van der Waals surface area contributed by atoms with Crippen molar-refractivity contribution in [2.24, 2.45) is 0 Å². The molecule has 2 heterocycles. The van der Waals surface area contributed by atoms with Gasteiger partial charge in [0.25, 0.3) is 6.47 Å². The summed E-state index contributed by atoms with van der Waals surface area (Å²) < 4.78 is 12.0. The molecular weight excluding hydrogens is 394 g/mol. The molecule has 3 aromatic rings. The number of anilines is 1. The molecule has 0 unspecified atom stereocenters. The number of nitrogens with one attached hydrogen (secondary N) is 1. The van der Waals surface area contributed by atoms with E-state index in [0.29, 0.717) is 13.2 Å². The molecule has 2 aromatic carbocycles. The maximum Gasteiger partial charge on any atom is 0.290 e. The molecule has 1 aromatic heterocycles. The van der Waals surface area contributed by atoms with Crippen molar-refractivity contribution in [2.75, 3.05) is 45.2 Å². The predicted octanol–water partition coefficient (Wildman–Crippen LogP) is 4.39. The van der Waals surface area contributed by atoms with E-state index in [1.165, 1.54) is 25.9 Å². The lowest BCUT2D eigenvalue weighted by Gasteiger charge is -2.17. The van der Waals surface area contributed by atoms with Crippen LogP contribution in [-0.2, 0) is 4.79 Å². The van der Waals surface area contributed by atoms with E-state index < -0.39 is 0 Å². The highest BCUT2D eigenvalue weighted by molar-refractivity contribution is 6.08. The van der Waals surface area contributed by atoms with Crippen LogP contribution in [0.5, 0.6) is 11.5 Å². The molecule has 0 bridgehead atoms. The molecule has 7 heteroatoms. The van der Waals surface area contributed by atoms with E-state index in [1.54, 1.807) is 0 Å². The number of fused-ring (bicyclic) bond motifs is 2. The highest BCUT2D eigenvalue weighted by Gasteiger charge is 2.15. The van der Waals surface area contributed by atoms with Gasteiger partial charge in [0.2, 0.25) is 0 Å². The summed E-state index contributed by atoms with van der Waals surface area (Å²) in [5, 5.41) is 12.4. The fraction of sp³-hybridized carbons (Fsp3) is 0.417. The summed E-state index contributed by atoms with van der Waals surface area (Å²) >= 11 is 0. The molecule has 1 aliphatic heterocycles. The third-order valence-electron chi connectivity index (χ3n) is 5.37. The number of carboxylic acid groups (broad SMARTS) is 1. The van der Waals surface area contributed by atoms with E-state index in [4.69, 9.17) is 24.4 Å². The third-order valence-corrected chi connectivity index (χ3v) is 5.37. The molecule has 7 nitrogen and oxygen atoms in total. The number of aromatic nitrogens is 1. The fourth-order valence-electron chi connectivity index (χ4n) is 4.03. The van der Waals surface area contributed by atoms with Crippen molar-refractivity contribution < 1.29 is 19.4 Å². The molecule has 4 rings (SSSR count). The highest BCUT2D eigenvalue weighted by Crippen LogP contribution is 2.38. The number of likely N-dealkylation sites (tertiary alicyclic amines) is 1. The molecule has 0 amide bonds. The Bertz CT molecular complexity index is 1000. The highest BCUT2D eigenvalue weighted by atomic mass is 16.5. The van der Waals surface area contributed by atoms with E-state index in [-0.39, 0.29) is 6.47 Å². The quantitative estimate of drug-likeness (QED) is 0.314. The van der Waals surface area contributed by atoms with Crippen LogP contribution in [0, 0.1) is 0 Å². The van der Waals surface area contributed by atoms with E-state index >= 15 is 0 Å². The van der Waals surface area contributed by atoms with Crippen molar-refractivity contribution in [2.45, 2.75) is 26.2 Å². The zero-order chi connectivity index (χ0) is 22.1. The smallest absolute Gasteiger partial charge is 0.290 e. The van der Waals surface area contributed by atoms with Crippen LogP contribution in [0.25, 0.3) is 21.8 Å². The lowest BCUT2D eigenvalue weighted by Crippen LogP contribution is -2.21. The molecule has 0 saturated carbocycles. The van der Waals surface area contributed by atoms with E-state index in [2.05, 4.69) is 22.3 Å². The first kappa shape index (κ1) is 22.6. The first-order valence-electron chi connectivity index (χ1n) is 10.8. The fourth-order valence-corrected chi connectivity index (χ4v) is 4.03. The molecule has 0 spiro atoms. The minimum Gasteiger partial charge on any atom is -0.490 e. The first-order chi connectivity index (χ1) is 15.2. The van der Waals surface area contributed by atoms with E-state index in [1.807, 2.05) is 38.2 Å². The Balaban J connectivity index is 0.000000858. The maximum absolute atomic E-state index is 8.36. The summed E-state index contributed by atoms with van der Waals surface area (Å²) in [4.78, 5) is 15.7. The number of ether oxygens (including phenoxy) is 2. The van der Waals surface area contributed by atoms with E-state index in [9.17, 15) is 0 Å². The van der Waals surface area contributed by atoms with Crippen LogP contribution in [-0.4, -0.2) is 61.4 Å². The Kier molecular flexibility index (Phi) is 8.29. The zero-order valence-electron chi connectivity index (χ0n) is 18.3. The van der Waals surface area contributed by atoms with Gasteiger partial charge in [-0.05, 0) is 51.4 Å². The van der Waals surface area contributed by atoms with Crippen LogP contribution in [0.4, 0.5) is 5.69 Å². The molecule has 166 valence electrons. The summed E-state index contributed by atoms with van der Waals surface area (Å²) in [6, 6.07) is 12.3. The Morgan fingerprint density at radius 3 is 2.52 bits per heavy atom. The Hall–Kier alpha value is -3.06. The van der Waals surface area contributed by atoms with Gasteiger partial charge in [-0.25, -0.2) is 4.98 Å². The van der Waals surface area contributed by atoms with Crippen LogP contribution < -0.4 is 14.8 Å². The number of nitrogens with zero attached hydrogens (tertiary/aromatic N) is 2. The third kappa shape index (κ3) is 5.55. The molecule has 1 fully saturated rings. The normalized spacial score (nSPS) is 13.6. The maximum atomic E-state index is 8.36. The minimum atomic E-state index is -0.250. The number of pyridine rings is 1. The second-order valence-electron chi connectivity index (χ2n) is 7.36. The standard InChI is InChI=1S/C23H29N3O2.CH2O2/c1-3-27-21-15-18-20(25-19-10-5-4-9-17(19)23(18)24-2)16-22(21)28-14-8-13-26-11-6-7-12-26;2-1-3/h4-5,9-10,15-16H,3,6-8,11-14H2,1-2H3,(H,24,25);1H,(H,2,3). The first-order valence-corrected chi connectivity index (χ1v) is 10.8. The van der Waals surface area contributed by atoms with Crippen molar-refractivity contribution in [3.05, 3.63) is 36.4 Å². The van der Waals surface area contributed by atoms with Crippen LogP contribution in [0.15, 0.2) is 36.4 Å². The van der Waals surface area contributed by atoms with Crippen molar-refractivity contribution in [1.82, 2.24) is 9.88 Å². The number of benzene rings is 2. The number of carbonyl (C=O) groups is 1. The van der Waals surface area contributed by atoms with Gasteiger partial charge < -0.3 is 24.8 Å². The van der Waals surface area contributed by atoms with Gasteiger partial charge in [0.1, 0.15) is 0 Å². The predicted molar refractivity (Wildman–Crippen MR) is 124 cm³/mol. The minimum absolute atomic E-state index is 0.250. The lowest BCUT2D eigenvalue weighted by molar-refractivity contribution is -0.122. The van der Waals surface area contributed by atoms with Gasteiger partial charge in [-0.3, -0.25) is 4.79 Å². The SMILES string of the molecule is CCOc1cc2c(NC)c3ccccc3nc2cc1OCCCN1CCCC1.O=CO. The molecule has 1 saturated heterocycles. The van der Waals surface area contributed by atoms with Crippen molar-refractivity contribution in [1.29, 1.82) is 0 Å². The summed E-state index contributed by atoms with van der Waals surface area (Å²) in [6.45, 7) is 6.59. The number of para-hydroxylation sites is 1.